The summed E-state index contributed by atoms with van der Waals surface area (Å²) in [5.41, 5.74) is 1.03. The van der Waals surface area contributed by atoms with Crippen LogP contribution >= 0.6 is 0 Å². The van der Waals surface area contributed by atoms with Gasteiger partial charge in [0.05, 0.1) is 26.3 Å². The van der Waals surface area contributed by atoms with E-state index in [9.17, 15) is 0 Å². The lowest BCUT2D eigenvalue weighted by molar-refractivity contribution is -0.0527. The van der Waals surface area contributed by atoms with E-state index in [1.165, 1.54) is 0 Å². The third-order valence-corrected chi connectivity index (χ3v) is 2.31. The molecule has 0 saturated heterocycles. The maximum Gasteiger partial charge on any atom is 0.157 e. The van der Waals surface area contributed by atoms with Crippen LogP contribution in [0.5, 0.6) is 0 Å². The molecule has 2 rings (SSSR count). The van der Waals surface area contributed by atoms with Gasteiger partial charge in [-0.2, -0.15) is 0 Å². The first kappa shape index (κ1) is 9.21. The average Bonchev–Trinajstić information content (AvgIpc) is 2.27. The summed E-state index contributed by atoms with van der Waals surface area (Å²) in [5.74, 6) is 1.75. The maximum absolute atomic E-state index is 5.30. The molecule has 0 radical (unpaired) electrons. The topological polar surface area (TPSA) is 46.4 Å². The van der Waals surface area contributed by atoms with E-state index in [4.69, 9.17) is 9.57 Å². The van der Waals surface area contributed by atoms with Gasteiger partial charge in [-0.3, -0.25) is 9.83 Å². The minimum absolute atomic E-state index is 0.655. The van der Waals surface area contributed by atoms with Crippen LogP contribution in [0.25, 0.3) is 0 Å². The Labute approximate surface area is 82.7 Å². The Kier molecular flexibility index (Phi) is 2.49. The van der Waals surface area contributed by atoms with Crippen molar-refractivity contribution in [3.05, 3.63) is 11.3 Å². The summed E-state index contributed by atoms with van der Waals surface area (Å²) in [6, 6.07) is 0. The van der Waals surface area contributed by atoms with Crippen molar-refractivity contribution in [2.75, 3.05) is 27.3 Å². The summed E-state index contributed by atoms with van der Waals surface area (Å²) >= 11 is 0. The molecule has 0 aromatic rings. The SMILES string of the molecule is COC1=C2CN(OC)C=NC2=NCC1. The predicted molar refractivity (Wildman–Crippen MR) is 53.2 cm³/mol. The summed E-state index contributed by atoms with van der Waals surface area (Å²) in [6.45, 7) is 1.41. The molecule has 0 fully saturated rings. The largest absolute Gasteiger partial charge is 0.501 e. The first-order valence-electron chi connectivity index (χ1n) is 4.51. The molecule has 0 unspecified atom stereocenters. The molecule has 0 aromatic heterocycles. The monoisotopic (exact) mass is 195 g/mol. The van der Waals surface area contributed by atoms with Crippen molar-refractivity contribution >= 4 is 12.2 Å². The number of hydrogen-bond donors (Lipinski definition) is 0. The van der Waals surface area contributed by atoms with Gasteiger partial charge in [-0.05, 0) is 0 Å². The van der Waals surface area contributed by atoms with Crippen LogP contribution in [0.3, 0.4) is 0 Å². The Morgan fingerprint density at radius 2 is 2.29 bits per heavy atom. The van der Waals surface area contributed by atoms with Crippen LogP contribution in [0.4, 0.5) is 0 Å². The number of aliphatic imine (C=N–C) groups is 2. The summed E-state index contributed by atoms with van der Waals surface area (Å²) < 4.78 is 5.30. The highest BCUT2D eigenvalue weighted by atomic mass is 16.7. The van der Waals surface area contributed by atoms with Gasteiger partial charge in [0.15, 0.2) is 5.84 Å². The quantitative estimate of drug-likeness (QED) is 0.648. The Bertz CT molecular complexity index is 320. The van der Waals surface area contributed by atoms with Crippen molar-refractivity contribution in [3.8, 4) is 0 Å². The molecule has 0 N–H and O–H groups in total. The van der Waals surface area contributed by atoms with Crippen LogP contribution in [0.1, 0.15) is 6.42 Å². The Morgan fingerprint density at radius 1 is 1.43 bits per heavy atom. The summed E-state index contributed by atoms with van der Waals surface area (Å²) in [4.78, 5) is 13.6. The molecule has 0 saturated carbocycles. The number of amidine groups is 1. The summed E-state index contributed by atoms with van der Waals surface area (Å²) in [6.07, 6.45) is 2.49. The molecule has 76 valence electrons. The van der Waals surface area contributed by atoms with Gasteiger partial charge in [-0.15, -0.1) is 0 Å². The van der Waals surface area contributed by atoms with E-state index in [-0.39, 0.29) is 0 Å². The molecule has 5 heteroatoms. The van der Waals surface area contributed by atoms with Gasteiger partial charge >= 0.3 is 0 Å². The van der Waals surface area contributed by atoms with Crippen LogP contribution in [0, 0.1) is 0 Å². The smallest absolute Gasteiger partial charge is 0.157 e. The highest BCUT2D eigenvalue weighted by Crippen LogP contribution is 2.20. The molecule has 14 heavy (non-hydrogen) atoms. The minimum atomic E-state index is 0.655. The fraction of sp³-hybridized carbons (Fsp3) is 0.556. The molecular weight excluding hydrogens is 182 g/mol. The molecule has 2 aliphatic heterocycles. The first-order valence-corrected chi connectivity index (χ1v) is 4.51. The van der Waals surface area contributed by atoms with E-state index in [1.807, 2.05) is 0 Å². The number of methoxy groups -OCH3 is 1. The number of fused-ring (bicyclic) bond motifs is 1. The van der Waals surface area contributed by atoms with Gasteiger partial charge in [-0.1, -0.05) is 0 Å². The molecule has 0 spiro atoms. The zero-order valence-corrected chi connectivity index (χ0v) is 8.36. The zero-order valence-electron chi connectivity index (χ0n) is 8.36. The molecule has 0 aliphatic carbocycles. The molecule has 0 amide bonds. The van der Waals surface area contributed by atoms with Crippen LogP contribution in [0.2, 0.25) is 0 Å². The molecular formula is C9H13N3O2. The zero-order chi connectivity index (χ0) is 9.97. The lowest BCUT2D eigenvalue weighted by Gasteiger charge is -2.26. The van der Waals surface area contributed by atoms with Crippen molar-refractivity contribution in [1.82, 2.24) is 5.06 Å². The lowest BCUT2D eigenvalue weighted by atomic mass is 10.1. The Morgan fingerprint density at radius 3 is 3.00 bits per heavy atom. The molecule has 0 bridgehead atoms. The Balaban J connectivity index is 2.31. The minimum Gasteiger partial charge on any atom is -0.501 e. The summed E-state index contributed by atoms with van der Waals surface area (Å²) in [7, 11) is 3.30. The van der Waals surface area contributed by atoms with Gasteiger partial charge in [0, 0.05) is 13.0 Å². The number of hydroxylamine groups is 2. The number of dihydropyridines is 1. The second kappa shape index (κ2) is 3.79. The predicted octanol–water partition coefficient (Wildman–Crippen LogP) is 0.594. The molecule has 5 nitrogen and oxygen atoms in total. The second-order valence-electron chi connectivity index (χ2n) is 3.06. The fourth-order valence-corrected chi connectivity index (χ4v) is 1.56. The van der Waals surface area contributed by atoms with Gasteiger partial charge in [0.1, 0.15) is 12.1 Å². The molecule has 2 aliphatic rings. The number of rotatable bonds is 2. The van der Waals surface area contributed by atoms with E-state index in [0.29, 0.717) is 6.54 Å². The highest BCUT2D eigenvalue weighted by molar-refractivity contribution is 6.05. The normalized spacial score (nSPS) is 20.7. The number of nitrogens with zero attached hydrogens (tertiary/aromatic N) is 3. The highest BCUT2D eigenvalue weighted by Gasteiger charge is 2.23. The molecule has 0 atom stereocenters. The van der Waals surface area contributed by atoms with Gasteiger partial charge in [-0.25, -0.2) is 10.1 Å². The van der Waals surface area contributed by atoms with E-state index in [0.717, 1.165) is 30.1 Å². The number of ether oxygens (including phenoxy) is 1. The summed E-state index contributed by atoms with van der Waals surface area (Å²) in [5, 5.41) is 1.65. The standard InChI is InChI=1S/C9H13N3O2/c1-13-8-3-4-10-9-7(8)5-12(14-2)6-11-9/h6H,3-5H2,1-2H3. The van der Waals surface area contributed by atoms with Crippen molar-refractivity contribution in [3.63, 3.8) is 0 Å². The second-order valence-corrected chi connectivity index (χ2v) is 3.06. The van der Waals surface area contributed by atoms with Crippen molar-refractivity contribution in [1.29, 1.82) is 0 Å². The van der Waals surface area contributed by atoms with Gasteiger partial charge in [0.2, 0.25) is 0 Å². The van der Waals surface area contributed by atoms with Crippen molar-refractivity contribution < 1.29 is 9.57 Å². The molecule has 2 heterocycles. The van der Waals surface area contributed by atoms with Crippen molar-refractivity contribution in [2.24, 2.45) is 9.98 Å². The van der Waals surface area contributed by atoms with E-state index >= 15 is 0 Å². The first-order chi connectivity index (χ1) is 6.85. The van der Waals surface area contributed by atoms with Crippen LogP contribution in [-0.4, -0.2) is 44.5 Å². The van der Waals surface area contributed by atoms with E-state index < -0.39 is 0 Å². The molecule has 0 aromatic carbocycles. The van der Waals surface area contributed by atoms with Gasteiger partial charge in [0.25, 0.3) is 0 Å². The average molecular weight is 195 g/mol. The maximum atomic E-state index is 5.30. The number of hydrogen-bond acceptors (Lipinski definition) is 5. The third kappa shape index (κ3) is 1.50. The van der Waals surface area contributed by atoms with E-state index in [1.54, 1.807) is 25.6 Å². The van der Waals surface area contributed by atoms with Crippen molar-refractivity contribution in [2.45, 2.75) is 6.42 Å². The van der Waals surface area contributed by atoms with Crippen LogP contribution in [0.15, 0.2) is 21.3 Å². The van der Waals surface area contributed by atoms with Crippen LogP contribution in [-0.2, 0) is 9.57 Å². The lowest BCUT2D eigenvalue weighted by Crippen LogP contribution is -2.32. The third-order valence-electron chi connectivity index (χ3n) is 2.31. The Hall–Kier alpha value is -1.36. The fourth-order valence-electron chi connectivity index (χ4n) is 1.56. The van der Waals surface area contributed by atoms with E-state index in [2.05, 4.69) is 9.98 Å². The van der Waals surface area contributed by atoms with Gasteiger partial charge < -0.3 is 4.74 Å². The van der Waals surface area contributed by atoms with Crippen LogP contribution < -0.4 is 0 Å².